The molecule has 2 rings (SSSR count). The lowest BCUT2D eigenvalue weighted by atomic mass is 9.76. The maximum absolute atomic E-state index is 14.7. The molecule has 5 N–H and O–H groups in total. The zero-order valence-electron chi connectivity index (χ0n) is 40.8. The van der Waals surface area contributed by atoms with Gasteiger partial charge >= 0.3 is 18.2 Å². The van der Waals surface area contributed by atoms with E-state index in [1.54, 1.807) is 41.5 Å². The Morgan fingerprint density at radius 2 is 1.39 bits per heavy atom. The average Bonchev–Trinajstić information content (AvgIpc) is 3.51. The molecule has 1 aromatic carbocycles. The molecule has 17 nitrogen and oxygen atoms in total. The minimum atomic E-state index is -1.34. The molecule has 0 spiro atoms. The van der Waals surface area contributed by atoms with Crippen molar-refractivity contribution in [3.05, 3.63) is 47.7 Å². The normalized spacial score (nSPS) is 13.8. The molecule has 3 atom stereocenters. The van der Waals surface area contributed by atoms with Gasteiger partial charge in [-0.1, -0.05) is 58.9 Å². The van der Waals surface area contributed by atoms with Gasteiger partial charge < -0.3 is 45.3 Å². The fourth-order valence-electron chi connectivity index (χ4n) is 7.03. The van der Waals surface area contributed by atoms with Gasteiger partial charge in [-0.25, -0.2) is 14.4 Å². The van der Waals surface area contributed by atoms with Crippen LogP contribution in [-0.4, -0.2) is 124 Å². The monoisotopic (exact) mass is 898 g/mol. The maximum Gasteiger partial charge on any atom is 0.410 e. The third kappa shape index (κ3) is 16.8. The predicted octanol–water partition coefficient (Wildman–Crippen LogP) is 5.79. The number of carboxylic acids is 1. The van der Waals surface area contributed by atoms with Crippen molar-refractivity contribution >= 4 is 52.7 Å². The summed E-state index contributed by atoms with van der Waals surface area (Å²) in [6, 6.07) is 4.22. The van der Waals surface area contributed by atoms with Gasteiger partial charge in [0.05, 0.1) is 0 Å². The second-order valence-corrected chi connectivity index (χ2v) is 20.0. The standard InChI is InChI=1S/C47H75N7O10/c1-30(38(56)50-33(41(59)60)23-24-35(55)48-26-19-16-20-27-49-42(61)63-45(5,6)7)25-28-52(13)40(58)36(44(2,3)4)51-39(57)37(54(15)43(62)64-46(8,9)10)47(11,12)32-29-53(14)34-22-18-17-21-31(32)34/h17-18,21-22,25,29,33,36-37H,16,19-20,23-24,26-28H2,1-15H3,(H,48,55)(H,49,61)(H,50,56)(H,51,57)(H,59,60)/b30-25+/t33-,36?,37-/m1/s1. The molecular formula is C47H75N7O10. The molecule has 0 saturated carbocycles. The fraction of sp³-hybridized carbons (Fsp3) is 0.638. The van der Waals surface area contributed by atoms with Gasteiger partial charge in [-0.15, -0.1) is 0 Å². The number of carboxylic acid groups (broad SMARTS) is 1. The van der Waals surface area contributed by atoms with Crippen LogP contribution in [0.3, 0.4) is 0 Å². The van der Waals surface area contributed by atoms with E-state index in [1.165, 1.54) is 36.9 Å². The van der Waals surface area contributed by atoms with Crippen molar-refractivity contribution in [1.29, 1.82) is 0 Å². The summed E-state index contributed by atoms with van der Waals surface area (Å²) in [6.45, 7) is 22.0. The topological polar surface area (TPSA) is 218 Å². The number of nitrogens with one attached hydrogen (secondary N) is 4. The number of benzene rings is 1. The van der Waals surface area contributed by atoms with Crippen molar-refractivity contribution < 1.29 is 48.1 Å². The number of alkyl carbamates (subject to hydrolysis) is 1. The molecule has 64 heavy (non-hydrogen) atoms. The zero-order valence-corrected chi connectivity index (χ0v) is 40.8. The van der Waals surface area contributed by atoms with Crippen molar-refractivity contribution in [3.8, 4) is 0 Å². The van der Waals surface area contributed by atoms with E-state index >= 15 is 0 Å². The van der Waals surface area contributed by atoms with Crippen LogP contribution >= 0.6 is 0 Å². The molecule has 358 valence electrons. The lowest BCUT2D eigenvalue weighted by Crippen LogP contribution is -2.62. The maximum atomic E-state index is 14.7. The number of aromatic nitrogens is 1. The molecule has 2 aromatic rings. The second-order valence-electron chi connectivity index (χ2n) is 20.0. The van der Waals surface area contributed by atoms with Crippen LogP contribution < -0.4 is 21.3 Å². The number of likely N-dealkylation sites (N-methyl/N-ethyl adjacent to an activating group) is 2. The van der Waals surface area contributed by atoms with Crippen molar-refractivity contribution in [1.82, 2.24) is 35.6 Å². The SMILES string of the molecule is C/C(=C\CN(C)C(=O)C(NC(=O)[C@@H](N(C)C(=O)OC(C)(C)C)C(C)(C)c1cn(C)c2ccccc12)C(C)(C)C)C(=O)N[C@H](CCC(=O)NCCCCCNC(=O)OC(C)(C)C)C(=O)O. The molecule has 0 saturated heterocycles. The first kappa shape index (κ1) is 54.5. The highest BCUT2D eigenvalue weighted by Crippen LogP contribution is 2.37. The van der Waals surface area contributed by atoms with Crippen LogP contribution in [0.1, 0.15) is 121 Å². The predicted molar refractivity (Wildman–Crippen MR) is 246 cm³/mol. The van der Waals surface area contributed by atoms with E-state index in [9.17, 15) is 38.7 Å². The van der Waals surface area contributed by atoms with Gasteiger partial charge in [0.25, 0.3) is 0 Å². The van der Waals surface area contributed by atoms with Crippen LogP contribution in [0.5, 0.6) is 0 Å². The summed E-state index contributed by atoms with van der Waals surface area (Å²) in [5, 5.41) is 21.6. The first-order valence-corrected chi connectivity index (χ1v) is 21.9. The summed E-state index contributed by atoms with van der Waals surface area (Å²) < 4.78 is 12.9. The van der Waals surface area contributed by atoms with E-state index in [2.05, 4.69) is 21.3 Å². The molecule has 1 aromatic heterocycles. The highest BCUT2D eigenvalue weighted by Gasteiger charge is 2.46. The smallest absolute Gasteiger partial charge is 0.410 e. The number of fused-ring (bicyclic) bond motifs is 1. The van der Waals surface area contributed by atoms with Crippen molar-refractivity contribution in [2.75, 3.05) is 33.7 Å². The van der Waals surface area contributed by atoms with Crippen LogP contribution in [0.4, 0.5) is 9.59 Å². The first-order chi connectivity index (χ1) is 29.4. The minimum absolute atomic E-state index is 0.0551. The Hall–Kier alpha value is -5.61. The van der Waals surface area contributed by atoms with Gasteiger partial charge in [0.2, 0.25) is 23.6 Å². The molecular weight excluding hydrogens is 823 g/mol. The number of carbonyl (C=O) groups is 7. The van der Waals surface area contributed by atoms with Gasteiger partial charge in [0.15, 0.2) is 0 Å². The minimum Gasteiger partial charge on any atom is -0.480 e. The van der Waals surface area contributed by atoms with E-state index < -0.39 is 76.0 Å². The number of aliphatic carboxylic acids is 1. The summed E-state index contributed by atoms with van der Waals surface area (Å²) in [6.07, 6.45) is 4.02. The van der Waals surface area contributed by atoms with E-state index in [0.29, 0.717) is 25.9 Å². The molecule has 0 fully saturated rings. The van der Waals surface area contributed by atoms with Crippen molar-refractivity contribution in [2.24, 2.45) is 12.5 Å². The number of carbonyl (C=O) groups excluding carboxylic acids is 6. The van der Waals surface area contributed by atoms with E-state index in [-0.39, 0.29) is 30.9 Å². The summed E-state index contributed by atoms with van der Waals surface area (Å²) in [7, 11) is 4.95. The molecule has 0 radical (unpaired) electrons. The quantitative estimate of drug-likeness (QED) is 0.0797. The number of ether oxygens (including phenoxy) is 2. The molecule has 1 unspecified atom stereocenters. The van der Waals surface area contributed by atoms with Crippen LogP contribution in [0, 0.1) is 5.41 Å². The molecule has 6 amide bonds. The van der Waals surface area contributed by atoms with Gasteiger partial charge in [0, 0.05) is 75.3 Å². The third-order valence-corrected chi connectivity index (χ3v) is 10.5. The molecule has 0 aliphatic heterocycles. The Morgan fingerprint density at radius 1 is 0.812 bits per heavy atom. The Kier molecular flexibility index (Phi) is 19.5. The lowest BCUT2D eigenvalue weighted by Gasteiger charge is -2.41. The molecule has 17 heteroatoms. The summed E-state index contributed by atoms with van der Waals surface area (Å²) in [4.78, 5) is 94.4. The van der Waals surface area contributed by atoms with Gasteiger partial charge in [-0.2, -0.15) is 0 Å². The summed E-state index contributed by atoms with van der Waals surface area (Å²) in [5.74, 6) is -3.38. The Labute approximate surface area is 379 Å². The third-order valence-electron chi connectivity index (χ3n) is 10.5. The van der Waals surface area contributed by atoms with E-state index in [4.69, 9.17) is 9.47 Å². The van der Waals surface area contributed by atoms with Gasteiger partial charge in [-0.05, 0) is 91.2 Å². The fourth-order valence-corrected chi connectivity index (χ4v) is 7.03. The summed E-state index contributed by atoms with van der Waals surface area (Å²) >= 11 is 0. The number of para-hydroxylation sites is 1. The average molecular weight is 898 g/mol. The highest BCUT2D eigenvalue weighted by molar-refractivity contribution is 5.96. The zero-order chi connectivity index (χ0) is 49.0. The molecule has 0 aliphatic rings. The highest BCUT2D eigenvalue weighted by atomic mass is 16.6. The van der Waals surface area contributed by atoms with Crippen molar-refractivity contribution in [3.63, 3.8) is 0 Å². The Balaban J connectivity index is 2.13. The van der Waals surface area contributed by atoms with E-state index in [1.807, 2.05) is 76.7 Å². The number of aryl methyl sites for hydroxylation is 1. The van der Waals surface area contributed by atoms with Crippen LogP contribution in [-0.2, 0) is 45.9 Å². The number of amides is 6. The van der Waals surface area contributed by atoms with Gasteiger partial charge in [0.1, 0.15) is 29.3 Å². The van der Waals surface area contributed by atoms with Crippen LogP contribution in [0.25, 0.3) is 10.9 Å². The van der Waals surface area contributed by atoms with Gasteiger partial charge in [-0.3, -0.25) is 24.1 Å². The van der Waals surface area contributed by atoms with Crippen LogP contribution in [0.2, 0.25) is 0 Å². The number of nitrogens with zero attached hydrogens (tertiary/aromatic N) is 3. The number of hydrogen-bond donors (Lipinski definition) is 5. The van der Waals surface area contributed by atoms with Crippen molar-refractivity contribution in [2.45, 2.75) is 150 Å². The molecule has 0 aliphatic carbocycles. The Morgan fingerprint density at radius 3 is 1.95 bits per heavy atom. The van der Waals surface area contributed by atoms with Crippen LogP contribution in [0.15, 0.2) is 42.1 Å². The van der Waals surface area contributed by atoms with E-state index in [0.717, 1.165) is 22.9 Å². The molecule has 0 bridgehead atoms. The summed E-state index contributed by atoms with van der Waals surface area (Å²) in [5.41, 5.74) is -1.33. The number of rotatable bonds is 20. The lowest BCUT2D eigenvalue weighted by molar-refractivity contribution is -0.141. The second kappa shape index (κ2) is 22.8. The number of hydrogen-bond acceptors (Lipinski definition) is 9. The number of unbranched alkanes of at least 4 members (excludes halogenated alkanes) is 2. The first-order valence-electron chi connectivity index (χ1n) is 21.9. The largest absolute Gasteiger partial charge is 0.480 e. The molecule has 1 heterocycles. The Bertz CT molecular complexity index is 2000.